The van der Waals surface area contributed by atoms with Crippen molar-refractivity contribution in [2.24, 2.45) is 0 Å². The predicted molar refractivity (Wildman–Crippen MR) is 126 cm³/mol. The van der Waals surface area contributed by atoms with Crippen molar-refractivity contribution in [2.45, 2.75) is 4.90 Å². The molecular weight excluding hydrogens is 478 g/mol. The summed E-state index contributed by atoms with van der Waals surface area (Å²) in [5.41, 5.74) is 0.301. The quantitative estimate of drug-likeness (QED) is 0.292. The summed E-state index contributed by atoms with van der Waals surface area (Å²) in [6.07, 6.45) is 2.65. The van der Waals surface area contributed by atoms with Gasteiger partial charge in [-0.05, 0) is 48.0 Å². The Morgan fingerprint density at radius 3 is 2.20 bits per heavy atom. The third-order valence-electron chi connectivity index (χ3n) is 5.38. The van der Waals surface area contributed by atoms with Crippen LogP contribution in [0.3, 0.4) is 0 Å². The van der Waals surface area contributed by atoms with Crippen LogP contribution in [-0.4, -0.2) is 36.5 Å². The van der Waals surface area contributed by atoms with Crippen molar-refractivity contribution in [3.8, 4) is 0 Å². The Kier molecular flexibility index (Phi) is 6.68. The molecule has 10 heteroatoms. The molecule has 1 aliphatic heterocycles. The molecule has 178 valence electrons. The molecule has 35 heavy (non-hydrogen) atoms. The molecule has 1 heterocycles. The number of non-ortho nitro benzene ring substituents is 1. The second-order valence-electron chi connectivity index (χ2n) is 7.77. The van der Waals surface area contributed by atoms with Gasteiger partial charge in [-0.1, -0.05) is 30.3 Å². The number of rotatable bonds is 5. The van der Waals surface area contributed by atoms with E-state index < -0.39 is 32.4 Å². The van der Waals surface area contributed by atoms with E-state index in [4.69, 9.17) is 0 Å². The Morgan fingerprint density at radius 2 is 1.54 bits per heavy atom. The molecule has 0 unspecified atom stereocenters. The highest BCUT2D eigenvalue weighted by Crippen LogP contribution is 2.28. The molecule has 1 fully saturated rings. The molecule has 1 saturated heterocycles. The van der Waals surface area contributed by atoms with Gasteiger partial charge in [-0.15, -0.1) is 0 Å². The molecule has 0 aromatic heterocycles. The number of nitrogens with zero attached hydrogens (tertiary/aromatic N) is 2. The Labute approximate surface area is 199 Å². The van der Waals surface area contributed by atoms with Gasteiger partial charge in [0.1, 0.15) is 11.6 Å². The van der Waals surface area contributed by atoms with Crippen molar-refractivity contribution in [2.75, 3.05) is 13.1 Å². The zero-order valence-electron chi connectivity index (χ0n) is 18.1. The van der Waals surface area contributed by atoms with Gasteiger partial charge >= 0.3 is 0 Å². The summed E-state index contributed by atoms with van der Waals surface area (Å²) in [7, 11) is -4.15. The van der Waals surface area contributed by atoms with Crippen LogP contribution in [0.25, 0.3) is 12.2 Å². The summed E-state index contributed by atoms with van der Waals surface area (Å²) >= 11 is 0. The maximum atomic E-state index is 14.3. The summed E-state index contributed by atoms with van der Waals surface area (Å²) in [5.74, 6) is -1.70. The van der Waals surface area contributed by atoms with Crippen LogP contribution >= 0.6 is 0 Å². The number of carbonyl (C=O) groups is 1. The number of sulfonamides is 1. The Bertz CT molecular complexity index is 1480. The molecule has 3 aromatic rings. The van der Waals surface area contributed by atoms with Gasteiger partial charge in [0.15, 0.2) is 5.78 Å². The van der Waals surface area contributed by atoms with Crippen molar-refractivity contribution < 1.29 is 26.9 Å². The summed E-state index contributed by atoms with van der Waals surface area (Å²) in [5, 5.41) is 11.1. The topological polar surface area (TPSA) is 97.6 Å². The second-order valence-corrected chi connectivity index (χ2v) is 9.71. The predicted octanol–water partition coefficient (Wildman–Crippen LogP) is 4.61. The molecular formula is C25H18F2N2O5S. The zero-order chi connectivity index (χ0) is 25.2. The van der Waals surface area contributed by atoms with E-state index in [-0.39, 0.29) is 40.4 Å². The Morgan fingerprint density at radius 1 is 0.886 bits per heavy atom. The van der Waals surface area contributed by atoms with Crippen LogP contribution in [0.5, 0.6) is 0 Å². The van der Waals surface area contributed by atoms with Gasteiger partial charge in [-0.3, -0.25) is 14.9 Å². The van der Waals surface area contributed by atoms with Gasteiger partial charge in [0.2, 0.25) is 10.0 Å². The summed E-state index contributed by atoms with van der Waals surface area (Å²) in [6, 6.07) is 15.5. The normalized spacial score (nSPS) is 17.1. The lowest BCUT2D eigenvalue weighted by atomic mass is 9.95. The van der Waals surface area contributed by atoms with Crippen molar-refractivity contribution in [3.63, 3.8) is 0 Å². The summed E-state index contributed by atoms with van der Waals surface area (Å²) in [6.45, 7) is -0.658. The van der Waals surface area contributed by atoms with Gasteiger partial charge in [0.05, 0.1) is 9.82 Å². The first-order valence-corrected chi connectivity index (χ1v) is 11.8. The molecule has 3 aromatic carbocycles. The monoisotopic (exact) mass is 496 g/mol. The van der Waals surface area contributed by atoms with Crippen molar-refractivity contribution in [3.05, 3.63) is 117 Å². The molecule has 0 aliphatic carbocycles. The Balaban J connectivity index is 1.81. The van der Waals surface area contributed by atoms with Crippen LogP contribution in [0.2, 0.25) is 0 Å². The number of carbonyl (C=O) groups excluding carboxylic acids is 1. The maximum absolute atomic E-state index is 14.3. The number of nitro benzene ring substituents is 1. The van der Waals surface area contributed by atoms with Crippen LogP contribution in [0.4, 0.5) is 14.5 Å². The van der Waals surface area contributed by atoms with E-state index in [0.29, 0.717) is 5.56 Å². The number of hydrogen-bond donors (Lipinski definition) is 0. The molecule has 4 rings (SSSR count). The van der Waals surface area contributed by atoms with Crippen LogP contribution in [-0.2, 0) is 14.8 Å². The van der Waals surface area contributed by atoms with E-state index in [1.165, 1.54) is 48.6 Å². The van der Waals surface area contributed by atoms with E-state index in [9.17, 15) is 32.1 Å². The van der Waals surface area contributed by atoms with E-state index in [1.54, 1.807) is 12.1 Å². The average molecular weight is 496 g/mol. The lowest BCUT2D eigenvalue weighted by Crippen LogP contribution is -2.41. The van der Waals surface area contributed by atoms with Crippen LogP contribution in [0.1, 0.15) is 11.1 Å². The standard InChI is InChI=1S/C25H18F2N2O5S/c26-21-8-10-23(11-9-21)35(33,34)28-15-19(12-17-4-3-6-22(13-17)29(31)32)25(30)20(16-28)14-18-5-1-2-7-24(18)27/h1-14H,15-16H2/b19-12+,20-14+. The van der Waals surface area contributed by atoms with Crippen LogP contribution in [0, 0.1) is 21.7 Å². The molecule has 0 atom stereocenters. The zero-order valence-corrected chi connectivity index (χ0v) is 18.9. The number of nitro groups is 1. The van der Waals surface area contributed by atoms with Gasteiger partial charge in [-0.2, -0.15) is 4.31 Å². The van der Waals surface area contributed by atoms with E-state index in [1.807, 2.05) is 0 Å². The SMILES string of the molecule is O=C1/C(=C/c2cccc([N+](=O)[O-])c2)CN(S(=O)(=O)c2ccc(F)cc2)C/C1=C\c1ccccc1F. The fourth-order valence-corrected chi connectivity index (χ4v) is 5.04. The molecule has 0 radical (unpaired) electrons. The molecule has 7 nitrogen and oxygen atoms in total. The van der Waals surface area contributed by atoms with E-state index in [2.05, 4.69) is 0 Å². The number of Topliss-reactive ketones (excluding diaryl/α,β-unsaturated/α-hetero) is 1. The number of hydrogen-bond acceptors (Lipinski definition) is 5. The largest absolute Gasteiger partial charge is 0.289 e. The fraction of sp³-hybridized carbons (Fsp3) is 0.0800. The van der Waals surface area contributed by atoms with Crippen LogP contribution < -0.4 is 0 Å². The molecule has 1 aliphatic rings. The van der Waals surface area contributed by atoms with E-state index in [0.717, 1.165) is 28.6 Å². The molecule has 0 bridgehead atoms. The minimum atomic E-state index is -4.15. The molecule has 0 N–H and O–H groups in total. The maximum Gasteiger partial charge on any atom is 0.270 e. The first-order valence-electron chi connectivity index (χ1n) is 10.4. The third kappa shape index (κ3) is 5.23. The minimum absolute atomic E-state index is 0.0173. The van der Waals surface area contributed by atoms with Gasteiger partial charge < -0.3 is 0 Å². The fourth-order valence-electron chi connectivity index (χ4n) is 3.64. The van der Waals surface area contributed by atoms with Crippen molar-refractivity contribution in [1.29, 1.82) is 0 Å². The summed E-state index contributed by atoms with van der Waals surface area (Å²) < 4.78 is 55.2. The highest BCUT2D eigenvalue weighted by atomic mass is 32.2. The molecule has 0 spiro atoms. The smallest absolute Gasteiger partial charge is 0.270 e. The second kappa shape index (κ2) is 9.69. The van der Waals surface area contributed by atoms with Gasteiger partial charge in [-0.25, -0.2) is 17.2 Å². The highest BCUT2D eigenvalue weighted by molar-refractivity contribution is 7.89. The molecule has 0 amide bonds. The number of piperidine rings is 1. The molecule has 0 saturated carbocycles. The number of halogens is 2. The lowest BCUT2D eigenvalue weighted by Gasteiger charge is -2.29. The van der Waals surface area contributed by atoms with E-state index >= 15 is 0 Å². The van der Waals surface area contributed by atoms with Crippen molar-refractivity contribution >= 4 is 33.6 Å². The highest BCUT2D eigenvalue weighted by Gasteiger charge is 2.34. The summed E-state index contributed by atoms with van der Waals surface area (Å²) in [4.78, 5) is 23.6. The minimum Gasteiger partial charge on any atom is -0.289 e. The van der Waals surface area contributed by atoms with Crippen molar-refractivity contribution in [1.82, 2.24) is 4.31 Å². The average Bonchev–Trinajstić information content (AvgIpc) is 2.83. The lowest BCUT2D eigenvalue weighted by molar-refractivity contribution is -0.384. The number of ketones is 1. The third-order valence-corrected chi connectivity index (χ3v) is 7.19. The van der Waals surface area contributed by atoms with Gasteiger partial charge in [0, 0.05) is 41.9 Å². The van der Waals surface area contributed by atoms with Crippen LogP contribution in [0.15, 0.2) is 88.8 Å². The number of benzene rings is 3. The first kappa shape index (κ1) is 24.1. The first-order chi connectivity index (χ1) is 16.6. The van der Waals surface area contributed by atoms with Gasteiger partial charge in [0.25, 0.3) is 5.69 Å². The Hall–Kier alpha value is -4.02.